The van der Waals surface area contributed by atoms with Crippen molar-refractivity contribution in [3.8, 4) is 0 Å². The maximum Gasteiger partial charge on any atom is 0.174 e. The Balaban J connectivity index is 1.67. The molecule has 2 atom stereocenters. The van der Waals surface area contributed by atoms with E-state index in [9.17, 15) is 4.39 Å². The van der Waals surface area contributed by atoms with Gasteiger partial charge in [0.1, 0.15) is 5.82 Å². The number of nitrogens with one attached hydrogen (secondary N) is 1. The van der Waals surface area contributed by atoms with E-state index in [2.05, 4.69) is 72.2 Å². The number of pyridine rings is 1. The number of aryl methyl sites for hydroxylation is 1. The molecule has 0 saturated carbocycles. The highest BCUT2D eigenvalue weighted by Gasteiger charge is 2.41. The lowest BCUT2D eigenvalue weighted by Gasteiger charge is -2.41. The number of likely N-dealkylation sites (N-methyl/N-ethyl adjacent to an activating group) is 1. The minimum atomic E-state index is -0.222. The highest BCUT2D eigenvalue weighted by atomic mass is 32.1. The third-order valence-electron chi connectivity index (χ3n) is 7.10. The molecule has 3 heterocycles. The summed E-state index contributed by atoms with van der Waals surface area (Å²) in [6.07, 6.45) is 4.12. The largest absolute Gasteiger partial charge is 0.366 e. The molecule has 0 spiro atoms. The van der Waals surface area contributed by atoms with Crippen LogP contribution in [0.15, 0.2) is 66.9 Å². The number of anilines is 2. The molecule has 2 aliphatic rings. The van der Waals surface area contributed by atoms with Crippen LogP contribution in [-0.2, 0) is 0 Å². The van der Waals surface area contributed by atoms with E-state index in [0.29, 0.717) is 10.7 Å². The Kier molecular flexibility index (Phi) is 5.44. The monoisotopic (exact) mass is 472 g/mol. The molecule has 0 radical (unpaired) electrons. The van der Waals surface area contributed by atoms with Gasteiger partial charge in [-0.3, -0.25) is 4.98 Å². The lowest BCUT2D eigenvalue weighted by atomic mass is 9.86. The Hall–Kier alpha value is -3.25. The molecule has 5 rings (SSSR count). The number of hydrogen-bond donors (Lipinski definition) is 1. The number of fused-ring (bicyclic) bond motifs is 1. The molecule has 2 unspecified atom stereocenters. The van der Waals surface area contributed by atoms with Crippen LogP contribution in [0.1, 0.15) is 55.2 Å². The maximum absolute atomic E-state index is 14.1. The summed E-state index contributed by atoms with van der Waals surface area (Å²) in [6, 6.07) is 17.5. The lowest BCUT2D eigenvalue weighted by Crippen LogP contribution is -2.42. The van der Waals surface area contributed by atoms with E-state index >= 15 is 0 Å². The van der Waals surface area contributed by atoms with Crippen molar-refractivity contribution in [2.45, 2.75) is 45.3 Å². The lowest BCUT2D eigenvalue weighted by molar-refractivity contribution is 0.566. The molecule has 0 bridgehead atoms. The number of benzene rings is 2. The van der Waals surface area contributed by atoms with Gasteiger partial charge in [0.2, 0.25) is 0 Å². The Morgan fingerprint density at radius 3 is 2.56 bits per heavy atom. The summed E-state index contributed by atoms with van der Waals surface area (Å²) >= 11 is 5.82. The Morgan fingerprint density at radius 2 is 1.85 bits per heavy atom. The molecule has 2 aliphatic heterocycles. The number of allylic oxidation sites excluding steroid dienone is 1. The highest BCUT2D eigenvalue weighted by Crippen LogP contribution is 2.45. The fourth-order valence-electron chi connectivity index (χ4n) is 5.11. The van der Waals surface area contributed by atoms with Gasteiger partial charge in [0, 0.05) is 30.2 Å². The van der Waals surface area contributed by atoms with Crippen molar-refractivity contribution < 1.29 is 4.39 Å². The Bertz CT molecular complexity index is 1300. The van der Waals surface area contributed by atoms with Gasteiger partial charge in [0.05, 0.1) is 23.3 Å². The van der Waals surface area contributed by atoms with Crippen LogP contribution in [0.2, 0.25) is 0 Å². The third kappa shape index (κ3) is 3.66. The normalized spacial score (nSPS) is 21.2. The first-order valence-corrected chi connectivity index (χ1v) is 11.9. The summed E-state index contributed by atoms with van der Waals surface area (Å²) in [6.45, 7) is 8.40. The molecule has 0 aliphatic carbocycles. The number of hydrogen-bond acceptors (Lipinski definition) is 3. The minimum absolute atomic E-state index is 0.0523. The summed E-state index contributed by atoms with van der Waals surface area (Å²) in [4.78, 5) is 9.04. The van der Waals surface area contributed by atoms with Gasteiger partial charge in [0.15, 0.2) is 5.11 Å². The van der Waals surface area contributed by atoms with Gasteiger partial charge in [-0.25, -0.2) is 4.39 Å². The van der Waals surface area contributed by atoms with Gasteiger partial charge >= 0.3 is 0 Å². The first-order chi connectivity index (χ1) is 16.2. The minimum Gasteiger partial charge on any atom is -0.366 e. The van der Waals surface area contributed by atoms with Crippen LogP contribution < -0.4 is 15.1 Å². The van der Waals surface area contributed by atoms with E-state index in [0.717, 1.165) is 16.9 Å². The predicted octanol–water partition coefficient (Wildman–Crippen LogP) is 6.34. The molecule has 2 aromatic carbocycles. The third-order valence-corrected chi connectivity index (χ3v) is 7.41. The van der Waals surface area contributed by atoms with Crippen molar-refractivity contribution in [1.82, 2.24) is 10.3 Å². The molecule has 1 fully saturated rings. The summed E-state index contributed by atoms with van der Waals surface area (Å²) in [7, 11) is 2.14. The summed E-state index contributed by atoms with van der Waals surface area (Å²) < 4.78 is 14.1. The molecule has 4 nitrogen and oxygen atoms in total. The van der Waals surface area contributed by atoms with Crippen LogP contribution in [-0.4, -0.2) is 22.7 Å². The van der Waals surface area contributed by atoms with E-state index in [1.807, 2.05) is 24.3 Å². The number of thiocarbonyl (C=S) groups is 1. The molecule has 174 valence electrons. The van der Waals surface area contributed by atoms with Gasteiger partial charge in [0.25, 0.3) is 0 Å². The number of aromatic nitrogens is 1. The van der Waals surface area contributed by atoms with Crippen LogP contribution in [0.5, 0.6) is 0 Å². The zero-order valence-corrected chi connectivity index (χ0v) is 20.9. The second-order valence-electron chi connectivity index (χ2n) is 9.75. The number of nitrogens with zero attached hydrogens (tertiary/aromatic N) is 3. The molecule has 6 heteroatoms. The maximum atomic E-state index is 14.1. The van der Waals surface area contributed by atoms with Crippen LogP contribution in [0.25, 0.3) is 5.57 Å². The van der Waals surface area contributed by atoms with E-state index in [4.69, 9.17) is 12.2 Å². The molecule has 1 aromatic heterocycles. The van der Waals surface area contributed by atoms with Crippen LogP contribution in [0.4, 0.5) is 15.8 Å². The molecule has 1 N–H and O–H groups in total. The summed E-state index contributed by atoms with van der Waals surface area (Å²) in [5.41, 5.74) is 7.13. The van der Waals surface area contributed by atoms with Gasteiger partial charge in [-0.1, -0.05) is 18.2 Å². The smallest absolute Gasteiger partial charge is 0.174 e. The zero-order valence-electron chi connectivity index (χ0n) is 20.1. The van der Waals surface area contributed by atoms with Crippen molar-refractivity contribution in [2.75, 3.05) is 16.8 Å². The van der Waals surface area contributed by atoms with Crippen molar-refractivity contribution in [1.29, 1.82) is 0 Å². The Labute approximate surface area is 206 Å². The van der Waals surface area contributed by atoms with Gasteiger partial charge in [-0.2, -0.15) is 0 Å². The molecule has 1 saturated heterocycles. The van der Waals surface area contributed by atoms with E-state index < -0.39 is 0 Å². The number of halogens is 1. The quantitative estimate of drug-likeness (QED) is 0.450. The molecule has 34 heavy (non-hydrogen) atoms. The van der Waals surface area contributed by atoms with Crippen molar-refractivity contribution >= 4 is 34.3 Å². The number of rotatable bonds is 3. The van der Waals surface area contributed by atoms with E-state index in [-0.39, 0.29) is 23.4 Å². The second-order valence-corrected chi connectivity index (χ2v) is 10.1. The second kappa shape index (κ2) is 8.20. The van der Waals surface area contributed by atoms with Crippen LogP contribution in [0, 0.1) is 12.7 Å². The van der Waals surface area contributed by atoms with Crippen molar-refractivity contribution in [3.63, 3.8) is 0 Å². The van der Waals surface area contributed by atoms with Crippen molar-refractivity contribution in [2.24, 2.45) is 0 Å². The predicted molar refractivity (Wildman–Crippen MR) is 142 cm³/mol. The fraction of sp³-hybridized carbons (Fsp3) is 0.286. The van der Waals surface area contributed by atoms with Crippen LogP contribution in [0.3, 0.4) is 0 Å². The first kappa shape index (κ1) is 22.5. The average Bonchev–Trinajstić information content (AvgIpc) is 3.16. The van der Waals surface area contributed by atoms with Gasteiger partial charge in [-0.15, -0.1) is 0 Å². The summed E-state index contributed by atoms with van der Waals surface area (Å²) in [5, 5.41) is 4.10. The summed E-state index contributed by atoms with van der Waals surface area (Å²) in [5.74, 6) is -0.222. The molecular formula is C28H29FN4S. The van der Waals surface area contributed by atoms with E-state index in [1.165, 1.54) is 22.9 Å². The average molecular weight is 473 g/mol. The highest BCUT2D eigenvalue weighted by molar-refractivity contribution is 7.80. The standard InChI is InChI=1S/C28H29FN4S/c1-17-14-20(10-11-22(17)29)33-26(25(31-27(33)34)23-8-6-7-13-30-23)19-9-12-24-21(15-19)18(2)16-28(3,4)32(24)5/h6-16,25-26H,1-5H3,(H,31,34). The van der Waals surface area contributed by atoms with Gasteiger partial charge < -0.3 is 15.1 Å². The van der Waals surface area contributed by atoms with Crippen molar-refractivity contribution in [3.05, 3.63) is 95.1 Å². The topological polar surface area (TPSA) is 31.4 Å². The molecule has 3 aromatic rings. The zero-order chi connectivity index (χ0) is 24.2. The SMILES string of the molecule is CC1=CC(C)(C)N(C)c2ccc(C3C(c4ccccn4)NC(=S)N3c3ccc(F)c(C)c3)cc21. The fourth-order valence-corrected chi connectivity index (χ4v) is 5.46. The molecule has 0 amide bonds. The Morgan fingerprint density at radius 1 is 1.06 bits per heavy atom. The van der Waals surface area contributed by atoms with Gasteiger partial charge in [-0.05, 0) is 99.1 Å². The van der Waals surface area contributed by atoms with Crippen LogP contribution >= 0.6 is 12.2 Å². The first-order valence-electron chi connectivity index (χ1n) is 11.5. The molecular weight excluding hydrogens is 443 g/mol. The van der Waals surface area contributed by atoms with E-state index in [1.54, 1.807) is 19.2 Å².